The normalized spacial score (nSPS) is 13.4. The number of carbonyl (C=O) groups is 1. The predicted molar refractivity (Wildman–Crippen MR) is 76.8 cm³/mol. The van der Waals surface area contributed by atoms with Gasteiger partial charge in [0.15, 0.2) is 0 Å². The average molecular weight is 247 g/mol. The molecule has 1 aromatic rings. The lowest BCUT2D eigenvalue weighted by molar-refractivity contribution is 0.0730. The van der Waals surface area contributed by atoms with Gasteiger partial charge in [-0.2, -0.15) is 0 Å². The Balaban J connectivity index is 0.000000771. The van der Waals surface area contributed by atoms with E-state index in [1.165, 1.54) is 11.1 Å². The van der Waals surface area contributed by atoms with Crippen LogP contribution >= 0.6 is 0 Å². The summed E-state index contributed by atoms with van der Waals surface area (Å²) in [6, 6.07) is 6.56. The van der Waals surface area contributed by atoms with Crippen molar-refractivity contribution in [1.82, 2.24) is 4.90 Å². The Hall–Kier alpha value is -1.31. The Morgan fingerprint density at radius 3 is 2.50 bits per heavy atom. The summed E-state index contributed by atoms with van der Waals surface area (Å²) in [6.45, 7) is 11.1. The zero-order valence-electron chi connectivity index (χ0n) is 12.3. The Labute approximate surface area is 111 Å². The van der Waals surface area contributed by atoms with Crippen molar-refractivity contribution in [1.29, 1.82) is 0 Å². The molecule has 0 bridgehead atoms. The van der Waals surface area contributed by atoms with Gasteiger partial charge in [0.25, 0.3) is 5.91 Å². The SMILES string of the molecule is CC.CCCc1ccc2c(c1)CN(C(C)C)C2=O. The van der Waals surface area contributed by atoms with Gasteiger partial charge in [0.2, 0.25) is 0 Å². The first kappa shape index (κ1) is 14.7. The van der Waals surface area contributed by atoms with Crippen LogP contribution in [0.25, 0.3) is 0 Å². The van der Waals surface area contributed by atoms with Gasteiger partial charge in [0, 0.05) is 18.2 Å². The Kier molecular flexibility index (Phi) is 5.39. The summed E-state index contributed by atoms with van der Waals surface area (Å²) in [7, 11) is 0. The molecule has 0 unspecified atom stereocenters. The summed E-state index contributed by atoms with van der Waals surface area (Å²) in [5.41, 5.74) is 3.44. The highest BCUT2D eigenvalue weighted by atomic mass is 16.2. The maximum Gasteiger partial charge on any atom is 0.254 e. The Morgan fingerprint density at radius 2 is 1.94 bits per heavy atom. The van der Waals surface area contributed by atoms with Crippen LogP contribution in [0.15, 0.2) is 18.2 Å². The highest BCUT2D eigenvalue weighted by molar-refractivity contribution is 5.98. The van der Waals surface area contributed by atoms with Gasteiger partial charge >= 0.3 is 0 Å². The van der Waals surface area contributed by atoms with E-state index in [-0.39, 0.29) is 11.9 Å². The van der Waals surface area contributed by atoms with Gasteiger partial charge in [0.1, 0.15) is 0 Å². The summed E-state index contributed by atoms with van der Waals surface area (Å²) in [6.07, 6.45) is 2.25. The molecule has 2 rings (SSSR count). The van der Waals surface area contributed by atoms with E-state index in [1.807, 2.05) is 24.8 Å². The maximum absolute atomic E-state index is 12.0. The molecule has 0 saturated carbocycles. The molecule has 1 aromatic carbocycles. The Bertz CT molecular complexity index is 410. The van der Waals surface area contributed by atoms with Crippen LogP contribution in [0.2, 0.25) is 0 Å². The molecule has 1 aliphatic heterocycles. The molecular formula is C16H25NO. The number of aryl methyl sites for hydroxylation is 1. The highest BCUT2D eigenvalue weighted by Gasteiger charge is 2.28. The highest BCUT2D eigenvalue weighted by Crippen LogP contribution is 2.25. The second-order valence-electron chi connectivity index (χ2n) is 4.77. The third-order valence-corrected chi connectivity index (χ3v) is 3.16. The van der Waals surface area contributed by atoms with Gasteiger partial charge in [-0.15, -0.1) is 0 Å². The van der Waals surface area contributed by atoms with Crippen molar-refractivity contribution in [3.63, 3.8) is 0 Å². The topological polar surface area (TPSA) is 20.3 Å². The van der Waals surface area contributed by atoms with Crippen LogP contribution in [0.5, 0.6) is 0 Å². The van der Waals surface area contributed by atoms with E-state index >= 15 is 0 Å². The predicted octanol–water partition coefficient (Wildman–Crippen LogP) is 4.03. The molecule has 0 N–H and O–H groups in total. The van der Waals surface area contributed by atoms with E-state index in [0.29, 0.717) is 0 Å². The van der Waals surface area contributed by atoms with E-state index in [9.17, 15) is 4.79 Å². The third kappa shape index (κ3) is 2.92. The lowest BCUT2D eigenvalue weighted by atomic mass is 10.0. The van der Waals surface area contributed by atoms with E-state index in [4.69, 9.17) is 0 Å². The van der Waals surface area contributed by atoms with Crippen LogP contribution < -0.4 is 0 Å². The fourth-order valence-electron chi connectivity index (χ4n) is 2.26. The van der Waals surface area contributed by atoms with Gasteiger partial charge in [0.05, 0.1) is 0 Å². The van der Waals surface area contributed by atoms with E-state index in [2.05, 4.69) is 32.9 Å². The molecule has 0 aliphatic carbocycles. The number of nitrogens with zero attached hydrogens (tertiary/aromatic N) is 1. The number of benzene rings is 1. The number of fused-ring (bicyclic) bond motifs is 1. The van der Waals surface area contributed by atoms with Gasteiger partial charge < -0.3 is 4.90 Å². The maximum atomic E-state index is 12.0. The Morgan fingerprint density at radius 1 is 1.28 bits per heavy atom. The van der Waals surface area contributed by atoms with Crippen molar-refractivity contribution in [2.75, 3.05) is 0 Å². The molecule has 2 nitrogen and oxygen atoms in total. The second-order valence-corrected chi connectivity index (χ2v) is 4.77. The van der Waals surface area contributed by atoms with Crippen molar-refractivity contribution < 1.29 is 4.79 Å². The summed E-state index contributed by atoms with van der Waals surface area (Å²) in [4.78, 5) is 14.0. The summed E-state index contributed by atoms with van der Waals surface area (Å²) < 4.78 is 0. The molecule has 1 heterocycles. The van der Waals surface area contributed by atoms with Crippen LogP contribution in [0.4, 0.5) is 0 Å². The molecule has 1 amide bonds. The van der Waals surface area contributed by atoms with Crippen LogP contribution in [-0.2, 0) is 13.0 Å². The molecule has 2 heteroatoms. The molecule has 0 radical (unpaired) electrons. The van der Waals surface area contributed by atoms with Crippen molar-refractivity contribution in [3.05, 3.63) is 34.9 Å². The fourth-order valence-corrected chi connectivity index (χ4v) is 2.26. The van der Waals surface area contributed by atoms with Crippen LogP contribution in [0, 0.1) is 0 Å². The zero-order chi connectivity index (χ0) is 13.7. The first-order valence-electron chi connectivity index (χ1n) is 7.06. The zero-order valence-corrected chi connectivity index (χ0v) is 12.3. The van der Waals surface area contributed by atoms with Gasteiger partial charge in [-0.05, 0) is 37.5 Å². The second kappa shape index (κ2) is 6.58. The van der Waals surface area contributed by atoms with Crippen molar-refractivity contribution in [3.8, 4) is 0 Å². The summed E-state index contributed by atoms with van der Waals surface area (Å²) in [5, 5.41) is 0. The van der Waals surface area contributed by atoms with E-state index < -0.39 is 0 Å². The smallest absolute Gasteiger partial charge is 0.254 e. The molecule has 1 aliphatic rings. The first-order chi connectivity index (χ1) is 8.63. The molecule has 0 saturated heterocycles. The summed E-state index contributed by atoms with van der Waals surface area (Å²) >= 11 is 0. The molecule has 0 aromatic heterocycles. The molecule has 100 valence electrons. The lowest BCUT2D eigenvalue weighted by Gasteiger charge is -2.19. The number of hydrogen-bond acceptors (Lipinski definition) is 1. The van der Waals surface area contributed by atoms with E-state index in [0.717, 1.165) is 24.9 Å². The van der Waals surface area contributed by atoms with Crippen LogP contribution in [0.1, 0.15) is 62.5 Å². The van der Waals surface area contributed by atoms with Crippen molar-refractivity contribution in [2.45, 2.75) is 60.0 Å². The minimum absolute atomic E-state index is 0.188. The number of amides is 1. The third-order valence-electron chi connectivity index (χ3n) is 3.16. The quantitative estimate of drug-likeness (QED) is 0.789. The number of rotatable bonds is 3. The largest absolute Gasteiger partial charge is 0.332 e. The first-order valence-corrected chi connectivity index (χ1v) is 7.06. The van der Waals surface area contributed by atoms with E-state index in [1.54, 1.807) is 0 Å². The van der Waals surface area contributed by atoms with Crippen molar-refractivity contribution in [2.24, 2.45) is 0 Å². The summed E-state index contributed by atoms with van der Waals surface area (Å²) in [5.74, 6) is 0.188. The van der Waals surface area contributed by atoms with Gasteiger partial charge in [-0.1, -0.05) is 39.3 Å². The monoisotopic (exact) mass is 247 g/mol. The van der Waals surface area contributed by atoms with Crippen LogP contribution in [-0.4, -0.2) is 16.8 Å². The average Bonchev–Trinajstić information content (AvgIpc) is 2.70. The number of carbonyl (C=O) groups excluding carboxylic acids is 1. The molecule has 0 spiro atoms. The molecular weight excluding hydrogens is 222 g/mol. The fraction of sp³-hybridized carbons (Fsp3) is 0.562. The molecule has 0 fully saturated rings. The van der Waals surface area contributed by atoms with Crippen LogP contribution in [0.3, 0.4) is 0 Å². The minimum Gasteiger partial charge on any atom is -0.332 e. The lowest BCUT2D eigenvalue weighted by Crippen LogP contribution is -2.30. The van der Waals surface area contributed by atoms with Crippen molar-refractivity contribution >= 4 is 5.91 Å². The number of hydrogen-bond donors (Lipinski definition) is 0. The molecule has 18 heavy (non-hydrogen) atoms. The van der Waals surface area contributed by atoms with Gasteiger partial charge in [-0.3, -0.25) is 4.79 Å². The minimum atomic E-state index is 0.188. The molecule has 0 atom stereocenters. The standard InChI is InChI=1S/C14H19NO.C2H6/c1-4-5-11-6-7-13-12(8-11)9-15(10(2)3)14(13)16;1-2/h6-8,10H,4-5,9H2,1-3H3;1-2H3. The van der Waals surface area contributed by atoms with Gasteiger partial charge in [-0.25, -0.2) is 0 Å².